The van der Waals surface area contributed by atoms with E-state index in [2.05, 4.69) is 18.7 Å². The highest BCUT2D eigenvalue weighted by molar-refractivity contribution is 5.80. The minimum atomic E-state index is -0.392. The first kappa shape index (κ1) is 22.4. The lowest BCUT2D eigenvalue weighted by molar-refractivity contribution is -0.131. The van der Waals surface area contributed by atoms with E-state index in [1.807, 2.05) is 13.8 Å². The second-order valence-electron chi connectivity index (χ2n) is 8.36. The summed E-state index contributed by atoms with van der Waals surface area (Å²) in [5, 5.41) is 0. The minimum absolute atomic E-state index is 0.0634. The van der Waals surface area contributed by atoms with Crippen LogP contribution in [0.3, 0.4) is 0 Å². The Balaban J connectivity index is 2.29. The third-order valence-corrected chi connectivity index (χ3v) is 5.27. The minimum Gasteiger partial charge on any atom is -0.424 e. The van der Waals surface area contributed by atoms with Crippen LogP contribution >= 0.6 is 0 Å². The van der Waals surface area contributed by atoms with Gasteiger partial charge >= 0.3 is 5.97 Å². The molecule has 0 aliphatic carbocycles. The number of hydrogen-bond donors (Lipinski definition) is 0. The third kappa shape index (κ3) is 5.05. The molecule has 0 N–H and O–H groups in total. The highest BCUT2D eigenvalue weighted by Crippen LogP contribution is 2.42. The number of aromatic nitrogens is 1. The lowest BCUT2D eigenvalue weighted by Crippen LogP contribution is -2.36. The highest BCUT2D eigenvalue weighted by Gasteiger charge is 2.27. The van der Waals surface area contributed by atoms with Crippen LogP contribution in [0.15, 0.2) is 24.3 Å². The first-order valence-corrected chi connectivity index (χ1v) is 10.6. The van der Waals surface area contributed by atoms with E-state index in [1.165, 1.54) is 19.1 Å². The Labute approximate surface area is 178 Å². The monoisotopic (exact) mass is 414 g/mol. The van der Waals surface area contributed by atoms with Crippen LogP contribution in [-0.2, 0) is 16.1 Å². The molecule has 0 bridgehead atoms. The largest absolute Gasteiger partial charge is 0.424 e. The number of nitrogens with zero attached hydrogens (tertiary/aromatic N) is 2. The van der Waals surface area contributed by atoms with Crippen LogP contribution in [0.1, 0.15) is 63.4 Å². The predicted octanol–water partition coefficient (Wildman–Crippen LogP) is 4.89. The molecule has 1 aliphatic rings. The molecule has 2 aromatic rings. The number of benzene rings is 1. The average molecular weight is 415 g/mol. The van der Waals surface area contributed by atoms with Crippen LogP contribution in [0.2, 0.25) is 0 Å². The van der Waals surface area contributed by atoms with Gasteiger partial charge in [0.05, 0.1) is 18.9 Å². The standard InChI is InChI=1S/C24H31FN2O3/c1-15(2)22-20(14-27-10-12-29-13-11-27)21(18-6-8-19(25)9-7-18)24(30-17(5)28)23(26-22)16(3)4/h6-9,15-16H,10-14H2,1-5H3. The van der Waals surface area contributed by atoms with E-state index in [0.717, 1.165) is 41.2 Å². The van der Waals surface area contributed by atoms with Gasteiger partial charge in [-0.1, -0.05) is 39.8 Å². The third-order valence-electron chi connectivity index (χ3n) is 5.27. The van der Waals surface area contributed by atoms with Crippen LogP contribution in [0.25, 0.3) is 11.1 Å². The van der Waals surface area contributed by atoms with Crippen molar-refractivity contribution in [2.45, 2.75) is 53.0 Å². The Morgan fingerprint density at radius 2 is 1.70 bits per heavy atom. The van der Waals surface area contributed by atoms with Gasteiger partial charge in [0, 0.05) is 37.8 Å². The lowest BCUT2D eigenvalue weighted by atomic mass is 9.90. The molecular formula is C24H31FN2O3. The molecule has 1 aromatic heterocycles. The van der Waals surface area contributed by atoms with Gasteiger partial charge in [-0.3, -0.25) is 14.7 Å². The smallest absolute Gasteiger partial charge is 0.308 e. The van der Waals surface area contributed by atoms with Crippen LogP contribution in [-0.4, -0.2) is 42.2 Å². The normalized spacial score (nSPS) is 15.1. The maximum absolute atomic E-state index is 13.7. The van der Waals surface area contributed by atoms with Crippen molar-refractivity contribution in [3.05, 3.63) is 47.0 Å². The Morgan fingerprint density at radius 1 is 1.10 bits per heavy atom. The molecular weight excluding hydrogens is 383 g/mol. The van der Waals surface area contributed by atoms with E-state index < -0.39 is 5.97 Å². The molecule has 162 valence electrons. The number of hydrogen-bond acceptors (Lipinski definition) is 5. The topological polar surface area (TPSA) is 51.7 Å². The number of esters is 1. The molecule has 6 heteroatoms. The molecule has 1 aliphatic heterocycles. The van der Waals surface area contributed by atoms with Gasteiger partial charge in [-0.05, 0) is 35.1 Å². The summed E-state index contributed by atoms with van der Waals surface area (Å²) in [7, 11) is 0. The second-order valence-corrected chi connectivity index (χ2v) is 8.36. The van der Waals surface area contributed by atoms with Crippen molar-refractivity contribution < 1.29 is 18.7 Å². The van der Waals surface area contributed by atoms with Gasteiger partial charge < -0.3 is 9.47 Å². The molecule has 0 spiro atoms. The molecule has 5 nitrogen and oxygen atoms in total. The molecule has 3 rings (SSSR count). The first-order chi connectivity index (χ1) is 14.3. The summed E-state index contributed by atoms with van der Waals surface area (Å²) in [6, 6.07) is 6.37. The van der Waals surface area contributed by atoms with Crippen molar-refractivity contribution in [2.75, 3.05) is 26.3 Å². The van der Waals surface area contributed by atoms with Gasteiger partial charge in [0.25, 0.3) is 0 Å². The van der Waals surface area contributed by atoms with E-state index >= 15 is 0 Å². The van der Waals surface area contributed by atoms with Crippen molar-refractivity contribution >= 4 is 5.97 Å². The summed E-state index contributed by atoms with van der Waals surface area (Å²) in [5.74, 6) is 0.0378. The Kier molecular flexibility index (Phi) is 7.21. The van der Waals surface area contributed by atoms with Crippen LogP contribution < -0.4 is 4.74 Å². The first-order valence-electron chi connectivity index (χ1n) is 10.6. The molecule has 2 heterocycles. The number of carbonyl (C=O) groups is 1. The number of halogens is 1. The van der Waals surface area contributed by atoms with E-state index in [9.17, 15) is 9.18 Å². The summed E-state index contributed by atoms with van der Waals surface area (Å²) in [6.45, 7) is 13.4. The molecule has 0 amide bonds. The summed E-state index contributed by atoms with van der Waals surface area (Å²) < 4.78 is 24.9. The van der Waals surface area contributed by atoms with E-state index in [1.54, 1.807) is 12.1 Å². The zero-order chi connectivity index (χ0) is 21.8. The molecule has 0 atom stereocenters. The molecule has 0 saturated carbocycles. The Bertz CT molecular complexity index is 888. The van der Waals surface area contributed by atoms with Gasteiger partial charge in [0.15, 0.2) is 5.75 Å². The number of pyridine rings is 1. The summed E-state index contributed by atoms with van der Waals surface area (Å²) >= 11 is 0. The maximum atomic E-state index is 13.7. The Hall–Kier alpha value is -2.31. The molecule has 0 radical (unpaired) electrons. The van der Waals surface area contributed by atoms with Gasteiger partial charge in [-0.15, -0.1) is 0 Å². The fourth-order valence-corrected chi connectivity index (χ4v) is 3.82. The fraction of sp³-hybridized carbons (Fsp3) is 0.500. The summed E-state index contributed by atoms with van der Waals surface area (Å²) in [6.07, 6.45) is 0. The quantitative estimate of drug-likeness (QED) is 0.630. The number of carbonyl (C=O) groups excluding carboxylic acids is 1. The van der Waals surface area contributed by atoms with Crippen LogP contribution in [0.5, 0.6) is 5.75 Å². The van der Waals surface area contributed by atoms with Crippen LogP contribution in [0.4, 0.5) is 4.39 Å². The predicted molar refractivity (Wildman–Crippen MR) is 115 cm³/mol. The highest BCUT2D eigenvalue weighted by atomic mass is 19.1. The molecule has 1 fully saturated rings. The molecule has 1 aromatic carbocycles. The second kappa shape index (κ2) is 9.67. The zero-order valence-electron chi connectivity index (χ0n) is 18.5. The number of morpholine rings is 1. The van der Waals surface area contributed by atoms with Crippen molar-refractivity contribution in [1.29, 1.82) is 0 Å². The number of rotatable bonds is 6. The fourth-order valence-electron chi connectivity index (χ4n) is 3.82. The molecule has 1 saturated heterocycles. The van der Waals surface area contributed by atoms with Gasteiger partial charge in [-0.25, -0.2) is 4.39 Å². The van der Waals surface area contributed by atoms with Gasteiger partial charge in [-0.2, -0.15) is 0 Å². The number of ether oxygens (including phenoxy) is 2. The van der Waals surface area contributed by atoms with Crippen molar-refractivity contribution in [1.82, 2.24) is 9.88 Å². The van der Waals surface area contributed by atoms with E-state index in [4.69, 9.17) is 14.5 Å². The van der Waals surface area contributed by atoms with Gasteiger partial charge in [0.2, 0.25) is 0 Å². The van der Waals surface area contributed by atoms with Crippen molar-refractivity contribution in [2.24, 2.45) is 0 Å². The van der Waals surface area contributed by atoms with E-state index in [-0.39, 0.29) is 17.7 Å². The zero-order valence-corrected chi connectivity index (χ0v) is 18.5. The molecule has 0 unspecified atom stereocenters. The maximum Gasteiger partial charge on any atom is 0.308 e. The van der Waals surface area contributed by atoms with Crippen molar-refractivity contribution in [3.63, 3.8) is 0 Å². The Morgan fingerprint density at radius 3 is 2.23 bits per heavy atom. The summed E-state index contributed by atoms with van der Waals surface area (Å²) in [4.78, 5) is 19.3. The average Bonchev–Trinajstić information content (AvgIpc) is 2.69. The van der Waals surface area contributed by atoms with E-state index in [0.29, 0.717) is 25.5 Å². The lowest BCUT2D eigenvalue weighted by Gasteiger charge is -2.30. The van der Waals surface area contributed by atoms with Gasteiger partial charge in [0.1, 0.15) is 5.82 Å². The SMILES string of the molecule is CC(=O)Oc1c(C(C)C)nc(C(C)C)c(CN2CCOCC2)c1-c1ccc(F)cc1. The van der Waals surface area contributed by atoms with Crippen molar-refractivity contribution in [3.8, 4) is 16.9 Å². The summed E-state index contributed by atoms with van der Waals surface area (Å²) in [5.41, 5.74) is 4.42. The molecule has 30 heavy (non-hydrogen) atoms. The van der Waals surface area contributed by atoms with Crippen LogP contribution in [0, 0.1) is 5.82 Å².